The summed E-state index contributed by atoms with van der Waals surface area (Å²) in [5.41, 5.74) is 3.23. The third kappa shape index (κ3) is 10.7. The number of methoxy groups -OCH3 is 1. The standard InChI is InChI=1S/C36H37N3O6/c1-44-35(42)32(24-28-18-10-4-11-19-28)38-33(40)30(22-26-14-6-2-7-15-26)37-34(41)31(23-27-16-8-3-9-17-27)39-36(43)45-25-29-20-12-5-13-21-29/h2-21,30-32H,22-25H2,1H3,(H,37,41)(H,38,40)(H,39,43)/t30-,31-,32-/m0/s1. The smallest absolute Gasteiger partial charge is 0.408 e. The van der Waals surface area contributed by atoms with E-state index >= 15 is 0 Å². The average Bonchev–Trinajstić information content (AvgIpc) is 3.08. The van der Waals surface area contributed by atoms with E-state index < -0.39 is 42.0 Å². The second-order valence-electron chi connectivity index (χ2n) is 10.5. The molecule has 45 heavy (non-hydrogen) atoms. The first kappa shape index (κ1) is 32.5. The van der Waals surface area contributed by atoms with Gasteiger partial charge in [-0.3, -0.25) is 9.59 Å². The zero-order valence-corrected chi connectivity index (χ0v) is 25.1. The second kappa shape index (κ2) is 17.0. The molecule has 0 aliphatic heterocycles. The molecule has 0 aliphatic carbocycles. The Morgan fingerprint density at radius 3 is 1.29 bits per heavy atom. The first-order chi connectivity index (χ1) is 21.9. The molecule has 4 rings (SSSR count). The van der Waals surface area contributed by atoms with Crippen LogP contribution in [0.2, 0.25) is 0 Å². The molecule has 232 valence electrons. The van der Waals surface area contributed by atoms with Crippen molar-refractivity contribution >= 4 is 23.9 Å². The van der Waals surface area contributed by atoms with Crippen LogP contribution in [-0.2, 0) is 49.7 Å². The van der Waals surface area contributed by atoms with Crippen LogP contribution in [0.5, 0.6) is 0 Å². The molecular formula is C36H37N3O6. The summed E-state index contributed by atoms with van der Waals surface area (Å²) in [6, 6.07) is 33.8. The van der Waals surface area contributed by atoms with Crippen LogP contribution in [0.3, 0.4) is 0 Å². The summed E-state index contributed by atoms with van der Waals surface area (Å²) in [5.74, 6) is -1.75. The highest BCUT2D eigenvalue weighted by molar-refractivity contribution is 5.93. The molecule has 3 amide bonds. The number of alkyl carbamates (subject to hydrolysis) is 1. The van der Waals surface area contributed by atoms with Gasteiger partial charge in [0.05, 0.1) is 7.11 Å². The van der Waals surface area contributed by atoms with Crippen LogP contribution in [0.15, 0.2) is 121 Å². The van der Waals surface area contributed by atoms with Crippen molar-refractivity contribution in [3.63, 3.8) is 0 Å². The van der Waals surface area contributed by atoms with Gasteiger partial charge in [-0.25, -0.2) is 9.59 Å². The van der Waals surface area contributed by atoms with E-state index in [0.29, 0.717) is 0 Å². The molecule has 0 aliphatic rings. The van der Waals surface area contributed by atoms with Crippen LogP contribution in [0, 0.1) is 0 Å². The Kier molecular flexibility index (Phi) is 12.3. The quantitative estimate of drug-likeness (QED) is 0.185. The average molecular weight is 608 g/mol. The van der Waals surface area contributed by atoms with Gasteiger partial charge in [0.2, 0.25) is 11.8 Å². The SMILES string of the molecule is COC(=O)[C@H](Cc1ccccc1)NC(=O)[C@H](Cc1ccccc1)NC(=O)[C@H](Cc1ccccc1)NC(=O)OCc1ccccc1. The number of ether oxygens (including phenoxy) is 2. The fourth-order valence-corrected chi connectivity index (χ4v) is 4.76. The Bertz CT molecular complexity index is 1520. The van der Waals surface area contributed by atoms with Crippen molar-refractivity contribution in [1.82, 2.24) is 16.0 Å². The van der Waals surface area contributed by atoms with E-state index in [2.05, 4.69) is 16.0 Å². The third-order valence-corrected chi connectivity index (χ3v) is 7.10. The Morgan fingerprint density at radius 2 is 0.867 bits per heavy atom. The molecule has 9 heteroatoms. The number of hydrogen-bond acceptors (Lipinski definition) is 6. The van der Waals surface area contributed by atoms with Gasteiger partial charge >= 0.3 is 12.1 Å². The van der Waals surface area contributed by atoms with Gasteiger partial charge in [-0.05, 0) is 22.3 Å². The van der Waals surface area contributed by atoms with Crippen molar-refractivity contribution in [2.45, 2.75) is 44.0 Å². The van der Waals surface area contributed by atoms with Gasteiger partial charge < -0.3 is 25.4 Å². The number of benzene rings is 4. The van der Waals surface area contributed by atoms with Gasteiger partial charge in [0.15, 0.2) is 0 Å². The van der Waals surface area contributed by atoms with Crippen molar-refractivity contribution in [1.29, 1.82) is 0 Å². The summed E-state index contributed by atoms with van der Waals surface area (Å²) in [5, 5.41) is 8.25. The fraction of sp³-hybridized carbons (Fsp3) is 0.222. The lowest BCUT2D eigenvalue weighted by atomic mass is 10.0. The number of carbonyl (C=O) groups excluding carboxylic acids is 4. The maximum atomic E-state index is 13.8. The minimum atomic E-state index is -1.07. The largest absolute Gasteiger partial charge is 0.467 e. The highest BCUT2D eigenvalue weighted by Crippen LogP contribution is 2.10. The van der Waals surface area contributed by atoms with E-state index in [9.17, 15) is 19.2 Å². The van der Waals surface area contributed by atoms with Crippen LogP contribution < -0.4 is 16.0 Å². The topological polar surface area (TPSA) is 123 Å². The first-order valence-electron chi connectivity index (χ1n) is 14.7. The molecular weight excluding hydrogens is 570 g/mol. The summed E-state index contributed by atoms with van der Waals surface area (Å²) >= 11 is 0. The number of amides is 3. The van der Waals surface area contributed by atoms with E-state index in [1.54, 1.807) is 0 Å². The molecule has 0 aromatic heterocycles. The lowest BCUT2D eigenvalue weighted by molar-refractivity contribution is -0.145. The minimum Gasteiger partial charge on any atom is -0.467 e. The Balaban J connectivity index is 1.52. The van der Waals surface area contributed by atoms with Gasteiger partial charge in [0, 0.05) is 19.3 Å². The fourth-order valence-electron chi connectivity index (χ4n) is 4.76. The normalized spacial score (nSPS) is 12.6. The Labute approximate surface area is 263 Å². The van der Waals surface area contributed by atoms with E-state index in [1.165, 1.54) is 7.11 Å². The molecule has 0 bridgehead atoms. The molecule has 0 heterocycles. The first-order valence-corrected chi connectivity index (χ1v) is 14.7. The van der Waals surface area contributed by atoms with Crippen LogP contribution >= 0.6 is 0 Å². The summed E-state index contributed by atoms with van der Waals surface area (Å²) in [6.45, 7) is 0.0295. The lowest BCUT2D eigenvalue weighted by Crippen LogP contribution is -2.57. The van der Waals surface area contributed by atoms with Crippen LogP contribution in [0.1, 0.15) is 22.3 Å². The summed E-state index contributed by atoms with van der Waals surface area (Å²) < 4.78 is 10.3. The summed E-state index contributed by atoms with van der Waals surface area (Å²) in [7, 11) is 1.26. The number of nitrogens with one attached hydrogen (secondary N) is 3. The number of rotatable bonds is 14. The molecule has 4 aromatic carbocycles. The van der Waals surface area contributed by atoms with Gasteiger partial charge in [-0.1, -0.05) is 121 Å². The van der Waals surface area contributed by atoms with Crippen molar-refractivity contribution in [2.24, 2.45) is 0 Å². The number of carbonyl (C=O) groups is 4. The molecule has 0 spiro atoms. The number of esters is 1. The zero-order chi connectivity index (χ0) is 31.9. The summed E-state index contributed by atoms with van der Waals surface area (Å²) in [4.78, 5) is 53.0. The molecule has 0 saturated heterocycles. The van der Waals surface area contributed by atoms with Crippen LogP contribution in [0.25, 0.3) is 0 Å². The molecule has 3 N–H and O–H groups in total. The van der Waals surface area contributed by atoms with E-state index in [-0.39, 0.29) is 25.9 Å². The lowest BCUT2D eigenvalue weighted by Gasteiger charge is -2.25. The molecule has 3 atom stereocenters. The van der Waals surface area contributed by atoms with Gasteiger partial charge in [0.25, 0.3) is 0 Å². The van der Waals surface area contributed by atoms with Gasteiger partial charge in [0.1, 0.15) is 24.7 Å². The van der Waals surface area contributed by atoms with Crippen LogP contribution in [0.4, 0.5) is 4.79 Å². The van der Waals surface area contributed by atoms with Gasteiger partial charge in [-0.2, -0.15) is 0 Å². The predicted octanol–water partition coefficient (Wildman–Crippen LogP) is 4.15. The highest BCUT2D eigenvalue weighted by Gasteiger charge is 2.31. The molecule has 4 aromatic rings. The van der Waals surface area contributed by atoms with Crippen molar-refractivity contribution in [3.05, 3.63) is 144 Å². The Hall–Kier alpha value is -5.44. The third-order valence-electron chi connectivity index (χ3n) is 7.10. The monoisotopic (exact) mass is 607 g/mol. The zero-order valence-electron chi connectivity index (χ0n) is 25.1. The highest BCUT2D eigenvalue weighted by atomic mass is 16.5. The molecule has 0 unspecified atom stereocenters. The van der Waals surface area contributed by atoms with E-state index in [0.717, 1.165) is 22.3 Å². The number of hydrogen-bond donors (Lipinski definition) is 3. The van der Waals surface area contributed by atoms with E-state index in [4.69, 9.17) is 9.47 Å². The molecule has 9 nitrogen and oxygen atoms in total. The molecule has 0 radical (unpaired) electrons. The minimum absolute atomic E-state index is 0.0295. The second-order valence-corrected chi connectivity index (χ2v) is 10.5. The van der Waals surface area contributed by atoms with Crippen molar-refractivity contribution < 1.29 is 28.7 Å². The Morgan fingerprint density at radius 1 is 0.511 bits per heavy atom. The van der Waals surface area contributed by atoms with Gasteiger partial charge in [-0.15, -0.1) is 0 Å². The van der Waals surface area contributed by atoms with Crippen LogP contribution in [-0.4, -0.2) is 49.1 Å². The maximum absolute atomic E-state index is 13.8. The molecule has 0 saturated carbocycles. The van der Waals surface area contributed by atoms with Crippen molar-refractivity contribution in [2.75, 3.05) is 7.11 Å². The van der Waals surface area contributed by atoms with E-state index in [1.807, 2.05) is 121 Å². The predicted molar refractivity (Wildman–Crippen MR) is 170 cm³/mol. The summed E-state index contributed by atoms with van der Waals surface area (Å²) in [6.07, 6.45) is -0.260. The van der Waals surface area contributed by atoms with Crippen molar-refractivity contribution in [3.8, 4) is 0 Å². The molecule has 0 fully saturated rings. The maximum Gasteiger partial charge on any atom is 0.408 e.